The number of carbonyl (C=O) groups excluding carboxylic acids is 2. The summed E-state index contributed by atoms with van der Waals surface area (Å²) < 4.78 is 42.9. The summed E-state index contributed by atoms with van der Waals surface area (Å²) in [6, 6.07) is -0.337. The molecule has 2 amide bonds. The van der Waals surface area contributed by atoms with Crippen molar-refractivity contribution in [2.24, 2.45) is 10.9 Å². The van der Waals surface area contributed by atoms with Gasteiger partial charge < -0.3 is 20.6 Å². The van der Waals surface area contributed by atoms with Crippen LogP contribution in [0.2, 0.25) is 0 Å². The van der Waals surface area contributed by atoms with E-state index in [0.29, 0.717) is 19.4 Å². The lowest BCUT2D eigenvalue weighted by molar-refractivity contribution is -0.156. The van der Waals surface area contributed by atoms with E-state index < -0.39 is 41.5 Å². The molecule has 0 radical (unpaired) electrons. The van der Waals surface area contributed by atoms with Gasteiger partial charge in [0.25, 0.3) is 11.8 Å². The molecule has 2 atom stereocenters. The van der Waals surface area contributed by atoms with Crippen LogP contribution in [0, 0.1) is 5.92 Å². The molecule has 4 rings (SSSR count). The van der Waals surface area contributed by atoms with Crippen molar-refractivity contribution in [2.45, 2.75) is 96.1 Å². The average molecular weight is 542 g/mol. The van der Waals surface area contributed by atoms with E-state index in [9.17, 15) is 27.9 Å². The molecule has 0 spiro atoms. The molecule has 1 saturated carbocycles. The second kappa shape index (κ2) is 9.68. The lowest BCUT2D eigenvalue weighted by Crippen LogP contribution is -2.53. The molecule has 1 aliphatic carbocycles. The predicted molar refractivity (Wildman–Crippen MR) is 135 cm³/mol. The molecule has 0 aromatic carbocycles. The lowest BCUT2D eigenvalue weighted by atomic mass is 9.77. The van der Waals surface area contributed by atoms with Crippen LogP contribution in [0.25, 0.3) is 5.57 Å². The van der Waals surface area contributed by atoms with Crippen LogP contribution in [-0.4, -0.2) is 68.6 Å². The first-order valence-electron chi connectivity index (χ1n) is 12.5. The zero-order chi connectivity index (χ0) is 27.3. The summed E-state index contributed by atoms with van der Waals surface area (Å²) in [4.78, 5) is 36.6. The van der Waals surface area contributed by atoms with Crippen LogP contribution < -0.4 is 10.6 Å². The number of hydrogen-bond acceptors (Lipinski definition) is 7. The monoisotopic (exact) mass is 541 g/mol. The number of halogens is 3. The Kier molecular flexibility index (Phi) is 7.21. The number of allylic oxidation sites excluding steroid dienone is 1. The van der Waals surface area contributed by atoms with Gasteiger partial charge in [0.15, 0.2) is 5.01 Å². The third kappa shape index (κ3) is 6.17. The zero-order valence-corrected chi connectivity index (χ0v) is 22.5. The Hall–Kier alpha value is -2.47. The Morgan fingerprint density at radius 2 is 1.92 bits per heavy atom. The van der Waals surface area contributed by atoms with Crippen LogP contribution in [-0.2, 0) is 0 Å². The molecule has 1 aromatic heterocycles. The van der Waals surface area contributed by atoms with Crippen LogP contribution in [0.5, 0.6) is 0 Å². The van der Waals surface area contributed by atoms with E-state index >= 15 is 0 Å². The molecular formula is C25H34F3N5O3S. The van der Waals surface area contributed by atoms with Gasteiger partial charge in [-0.15, -0.1) is 11.3 Å². The van der Waals surface area contributed by atoms with Crippen LogP contribution >= 0.6 is 11.3 Å². The summed E-state index contributed by atoms with van der Waals surface area (Å²) in [7, 11) is 0. The van der Waals surface area contributed by atoms with Crippen molar-refractivity contribution >= 4 is 34.6 Å². The number of alkyl halides is 3. The van der Waals surface area contributed by atoms with Crippen molar-refractivity contribution in [3.05, 3.63) is 21.8 Å². The molecule has 37 heavy (non-hydrogen) atoms. The lowest BCUT2D eigenvalue weighted by Gasteiger charge is -2.40. The van der Waals surface area contributed by atoms with Gasteiger partial charge in [0.1, 0.15) is 11.5 Å². The Morgan fingerprint density at radius 1 is 1.24 bits per heavy atom. The number of rotatable bonds is 4. The summed E-state index contributed by atoms with van der Waals surface area (Å²) in [6.45, 7) is 9.54. The average Bonchev–Trinajstić information content (AvgIpc) is 3.37. The highest BCUT2D eigenvalue weighted by Crippen LogP contribution is 2.44. The first kappa shape index (κ1) is 27.6. The first-order chi connectivity index (χ1) is 17.0. The van der Waals surface area contributed by atoms with E-state index in [4.69, 9.17) is 0 Å². The summed E-state index contributed by atoms with van der Waals surface area (Å²) >= 11 is 0.782. The molecule has 3 aliphatic rings. The number of nitrogens with zero attached hydrogens (tertiary/aromatic N) is 3. The smallest absolute Gasteiger partial charge is 0.390 e. The van der Waals surface area contributed by atoms with Crippen molar-refractivity contribution in [3.63, 3.8) is 0 Å². The van der Waals surface area contributed by atoms with Crippen LogP contribution in [0.4, 0.5) is 13.2 Å². The SMILES string of the molecule is C[C@H]1CCCN1C(=O)c1nc(C(=O)N[C@H]2C[C@@](C)(O)C2)sc1C1=CN=C(NC(C)(C)C)CC1C(F)(F)F. The van der Waals surface area contributed by atoms with E-state index in [2.05, 4.69) is 20.6 Å². The molecule has 2 fully saturated rings. The number of amides is 2. The van der Waals surface area contributed by atoms with Crippen molar-refractivity contribution in [3.8, 4) is 0 Å². The molecule has 8 nitrogen and oxygen atoms in total. The number of aliphatic hydroxyl groups is 1. The fourth-order valence-electron chi connectivity index (χ4n) is 5.10. The second-order valence-electron chi connectivity index (χ2n) is 11.6. The number of aromatic nitrogens is 1. The Labute approximate surface area is 218 Å². The number of carbonyl (C=O) groups is 2. The summed E-state index contributed by atoms with van der Waals surface area (Å²) in [6.07, 6.45) is -1.53. The van der Waals surface area contributed by atoms with Gasteiger partial charge in [-0.25, -0.2) is 9.98 Å². The minimum absolute atomic E-state index is 0.0238. The van der Waals surface area contributed by atoms with Gasteiger partial charge in [-0.3, -0.25) is 9.59 Å². The fourth-order valence-corrected chi connectivity index (χ4v) is 6.12. The number of nitrogens with one attached hydrogen (secondary N) is 2. The van der Waals surface area contributed by atoms with Crippen molar-refractivity contribution < 1.29 is 27.9 Å². The van der Waals surface area contributed by atoms with Gasteiger partial charge in [-0.05, 0) is 60.3 Å². The van der Waals surface area contributed by atoms with Crippen LogP contribution in [0.3, 0.4) is 0 Å². The molecule has 0 bridgehead atoms. The van der Waals surface area contributed by atoms with E-state index in [1.807, 2.05) is 27.7 Å². The normalized spacial score (nSPS) is 28.4. The van der Waals surface area contributed by atoms with E-state index in [1.165, 1.54) is 0 Å². The summed E-state index contributed by atoms with van der Waals surface area (Å²) in [5, 5.41) is 15.7. The van der Waals surface area contributed by atoms with Gasteiger partial charge in [0.05, 0.1) is 16.4 Å². The maximum absolute atomic E-state index is 14.3. The van der Waals surface area contributed by atoms with Crippen molar-refractivity contribution in [1.82, 2.24) is 20.5 Å². The molecule has 1 unspecified atom stereocenters. The highest BCUT2D eigenvalue weighted by Gasteiger charge is 2.47. The molecule has 204 valence electrons. The number of hydrogen-bond donors (Lipinski definition) is 3. The highest BCUT2D eigenvalue weighted by atomic mass is 32.1. The topological polar surface area (TPSA) is 107 Å². The van der Waals surface area contributed by atoms with Gasteiger partial charge in [-0.1, -0.05) is 0 Å². The number of likely N-dealkylation sites (tertiary alicyclic amines) is 1. The minimum atomic E-state index is -4.60. The quantitative estimate of drug-likeness (QED) is 0.532. The van der Waals surface area contributed by atoms with Gasteiger partial charge in [0.2, 0.25) is 0 Å². The van der Waals surface area contributed by atoms with E-state index in [1.54, 1.807) is 11.8 Å². The highest BCUT2D eigenvalue weighted by molar-refractivity contribution is 7.15. The first-order valence-corrected chi connectivity index (χ1v) is 13.3. The molecule has 3 N–H and O–H groups in total. The maximum Gasteiger partial charge on any atom is 0.396 e. The standard InChI is InChI=1S/C25H34F3N5O3S/c1-13-7-6-8-33(13)22(35)18-19(37-21(31-18)20(34)30-14-10-24(5,36)11-14)15-12-29-17(32-23(2,3)4)9-16(15)25(26,27)28/h12-14,16,36H,6-11H2,1-5H3,(H,29,32)(H,30,34)/t13-,14-,16?,24+/m0/s1. The Morgan fingerprint density at radius 3 is 2.46 bits per heavy atom. The summed E-state index contributed by atoms with van der Waals surface area (Å²) in [5.41, 5.74) is -1.64. The van der Waals surface area contributed by atoms with E-state index in [0.717, 1.165) is 30.4 Å². The zero-order valence-electron chi connectivity index (χ0n) is 21.7. The molecule has 1 saturated heterocycles. The number of aliphatic imine (C=N–C) groups is 1. The third-order valence-electron chi connectivity index (χ3n) is 6.85. The van der Waals surface area contributed by atoms with Crippen molar-refractivity contribution in [1.29, 1.82) is 0 Å². The molecule has 2 aliphatic heterocycles. The third-order valence-corrected chi connectivity index (χ3v) is 7.96. The minimum Gasteiger partial charge on any atom is -0.390 e. The number of thiazole rings is 1. The van der Waals surface area contributed by atoms with Gasteiger partial charge in [-0.2, -0.15) is 13.2 Å². The Bertz CT molecular complexity index is 1130. The Balaban J connectivity index is 1.73. The van der Waals surface area contributed by atoms with Crippen molar-refractivity contribution in [2.75, 3.05) is 6.54 Å². The molecule has 3 heterocycles. The molecular weight excluding hydrogens is 507 g/mol. The van der Waals surface area contributed by atoms with Gasteiger partial charge in [0, 0.05) is 42.4 Å². The summed E-state index contributed by atoms with van der Waals surface area (Å²) in [5.74, 6) is -2.75. The van der Waals surface area contributed by atoms with Crippen LogP contribution in [0.1, 0.15) is 91.9 Å². The number of amidine groups is 1. The van der Waals surface area contributed by atoms with Crippen LogP contribution in [0.15, 0.2) is 11.2 Å². The fraction of sp³-hybridized carbons (Fsp3) is 0.680. The maximum atomic E-state index is 14.3. The molecule has 1 aromatic rings. The van der Waals surface area contributed by atoms with E-state index in [-0.39, 0.29) is 39.1 Å². The van der Waals surface area contributed by atoms with Gasteiger partial charge >= 0.3 is 6.18 Å². The second-order valence-corrected chi connectivity index (χ2v) is 12.6. The predicted octanol–water partition coefficient (Wildman–Crippen LogP) is 4.12. The molecule has 12 heteroatoms. The largest absolute Gasteiger partial charge is 0.396 e.